The van der Waals surface area contributed by atoms with Gasteiger partial charge in [0, 0.05) is 33.3 Å². The summed E-state index contributed by atoms with van der Waals surface area (Å²) in [6.07, 6.45) is 3.15. The van der Waals surface area contributed by atoms with E-state index in [1.807, 2.05) is 30.9 Å². The van der Waals surface area contributed by atoms with Crippen LogP contribution in [0.5, 0.6) is 0 Å². The molecule has 0 spiro atoms. The van der Waals surface area contributed by atoms with Crippen LogP contribution in [0.15, 0.2) is 18.3 Å². The van der Waals surface area contributed by atoms with Crippen LogP contribution < -0.4 is 15.5 Å². The van der Waals surface area contributed by atoms with E-state index in [2.05, 4.69) is 37.0 Å². The van der Waals surface area contributed by atoms with Crippen LogP contribution in [0, 0.1) is 0 Å². The van der Waals surface area contributed by atoms with Crippen molar-refractivity contribution in [2.45, 2.75) is 12.5 Å². The van der Waals surface area contributed by atoms with Crippen molar-refractivity contribution < 1.29 is 4.48 Å². The fourth-order valence-corrected chi connectivity index (χ4v) is 3.25. The van der Waals surface area contributed by atoms with Crippen LogP contribution in [-0.2, 0) is 0 Å². The van der Waals surface area contributed by atoms with Crippen LogP contribution in [0.1, 0.15) is 6.42 Å². The van der Waals surface area contributed by atoms with E-state index in [0.29, 0.717) is 6.04 Å². The molecule has 120 valence electrons. The zero-order valence-electron chi connectivity index (χ0n) is 14.2. The first-order valence-corrected chi connectivity index (χ1v) is 7.79. The van der Waals surface area contributed by atoms with Gasteiger partial charge in [-0.05, 0) is 12.1 Å². The first kappa shape index (κ1) is 15.0. The number of nitrogen functional groups attached to an aromatic ring is 1. The summed E-state index contributed by atoms with van der Waals surface area (Å²) < 4.78 is 2.88. The molecule has 2 aromatic heterocycles. The number of likely N-dealkylation sites (N-methyl/N-ethyl adjacent to an activating group) is 1. The monoisotopic (exact) mass is 303 g/mol. The second kappa shape index (κ2) is 5.05. The van der Waals surface area contributed by atoms with Crippen LogP contribution in [0.4, 0.5) is 17.2 Å². The Morgan fingerprint density at radius 1 is 1.32 bits per heavy atom. The van der Waals surface area contributed by atoms with Gasteiger partial charge in [-0.2, -0.15) is 0 Å². The minimum absolute atomic E-state index is 0.623. The number of fused-ring (bicyclic) bond motifs is 1. The molecule has 2 aromatic rings. The zero-order valence-corrected chi connectivity index (χ0v) is 14.2. The number of hydrogen-bond donors (Lipinski definition) is 1. The maximum atomic E-state index is 6.46. The summed E-state index contributed by atoms with van der Waals surface area (Å²) in [5, 5.41) is 4.74. The molecular formula is C16H27N6+. The Morgan fingerprint density at radius 3 is 2.64 bits per heavy atom. The molecule has 3 heterocycles. The highest BCUT2D eigenvalue weighted by Gasteiger charge is 2.34. The predicted molar refractivity (Wildman–Crippen MR) is 92.6 cm³/mol. The second-order valence-electron chi connectivity index (χ2n) is 7.32. The van der Waals surface area contributed by atoms with Crippen LogP contribution >= 0.6 is 0 Å². The van der Waals surface area contributed by atoms with E-state index in [-0.39, 0.29) is 0 Å². The van der Waals surface area contributed by atoms with Gasteiger partial charge >= 0.3 is 0 Å². The molecule has 1 saturated heterocycles. The molecule has 2 N–H and O–H groups in total. The second-order valence-corrected chi connectivity index (χ2v) is 7.32. The van der Waals surface area contributed by atoms with E-state index < -0.39 is 0 Å². The summed E-state index contributed by atoms with van der Waals surface area (Å²) in [6, 6.07) is 4.71. The third-order valence-electron chi connectivity index (χ3n) is 4.69. The molecule has 3 rings (SSSR count). The maximum Gasteiger partial charge on any atom is 0.175 e. The number of aromatic nitrogens is 2. The highest BCUT2D eigenvalue weighted by atomic mass is 15.4. The van der Waals surface area contributed by atoms with Gasteiger partial charge in [0.05, 0.1) is 33.4 Å². The highest BCUT2D eigenvalue weighted by Crippen LogP contribution is 2.34. The van der Waals surface area contributed by atoms with Crippen LogP contribution in [0.3, 0.4) is 0 Å². The normalized spacial score (nSPS) is 19.1. The molecule has 6 heteroatoms. The van der Waals surface area contributed by atoms with Gasteiger partial charge in [0.1, 0.15) is 17.2 Å². The lowest BCUT2D eigenvalue weighted by Gasteiger charge is -2.31. The van der Waals surface area contributed by atoms with Gasteiger partial charge < -0.3 is 20.0 Å². The van der Waals surface area contributed by atoms with E-state index in [1.54, 1.807) is 0 Å². The maximum absolute atomic E-state index is 6.46. The summed E-state index contributed by atoms with van der Waals surface area (Å²) in [4.78, 5) is 4.41. The molecule has 1 fully saturated rings. The lowest BCUT2D eigenvalue weighted by atomic mass is 10.2. The van der Waals surface area contributed by atoms with Crippen molar-refractivity contribution in [3.63, 3.8) is 0 Å². The number of nitrogens with zero attached hydrogens (tertiary/aromatic N) is 5. The molecule has 0 bridgehead atoms. The lowest BCUT2D eigenvalue weighted by molar-refractivity contribution is -0.893. The molecule has 1 aliphatic rings. The highest BCUT2D eigenvalue weighted by molar-refractivity contribution is 5.91. The first-order chi connectivity index (χ1) is 10.3. The topological polar surface area (TPSA) is 49.8 Å². The third-order valence-corrected chi connectivity index (χ3v) is 4.69. The Bertz CT molecular complexity index is 682. The van der Waals surface area contributed by atoms with Gasteiger partial charge in [0.2, 0.25) is 0 Å². The molecular weight excluding hydrogens is 276 g/mol. The van der Waals surface area contributed by atoms with E-state index in [1.165, 1.54) is 6.42 Å². The van der Waals surface area contributed by atoms with Crippen molar-refractivity contribution in [3.8, 4) is 0 Å². The molecule has 6 nitrogen and oxygen atoms in total. The number of quaternary nitrogens is 1. The molecule has 0 amide bonds. The van der Waals surface area contributed by atoms with Crippen molar-refractivity contribution in [1.29, 1.82) is 0 Å². The summed E-state index contributed by atoms with van der Waals surface area (Å²) in [6.45, 7) is 2.03. The van der Waals surface area contributed by atoms with E-state index >= 15 is 0 Å². The van der Waals surface area contributed by atoms with Gasteiger partial charge in [0.15, 0.2) is 5.82 Å². The Balaban J connectivity index is 2.00. The van der Waals surface area contributed by atoms with Crippen molar-refractivity contribution in [1.82, 2.24) is 9.61 Å². The third kappa shape index (κ3) is 2.37. The van der Waals surface area contributed by atoms with E-state index in [9.17, 15) is 0 Å². The van der Waals surface area contributed by atoms with Crippen molar-refractivity contribution in [3.05, 3.63) is 18.3 Å². The SMILES string of the molecule is CN(C)c1cccn2nc(N3CCC([N+](C)(C)C)C3)c(N)c12. The van der Waals surface area contributed by atoms with Crippen molar-refractivity contribution >= 4 is 22.7 Å². The van der Waals surface area contributed by atoms with Crippen molar-refractivity contribution in [2.75, 3.05) is 63.9 Å². The summed E-state index contributed by atoms with van der Waals surface area (Å²) >= 11 is 0. The number of nitrogens with two attached hydrogens (primary N) is 1. The number of pyridine rings is 1. The van der Waals surface area contributed by atoms with Crippen LogP contribution in [0.25, 0.3) is 5.52 Å². The molecule has 22 heavy (non-hydrogen) atoms. The molecule has 1 unspecified atom stereocenters. The van der Waals surface area contributed by atoms with E-state index in [0.717, 1.165) is 40.3 Å². The molecule has 0 aromatic carbocycles. The molecule has 1 atom stereocenters. The van der Waals surface area contributed by atoms with Gasteiger partial charge in [-0.15, -0.1) is 5.10 Å². The van der Waals surface area contributed by atoms with Gasteiger partial charge in [-0.25, -0.2) is 4.52 Å². The standard InChI is InChI=1S/C16H27N6/c1-19(2)13-7-6-9-21-15(13)14(17)16(18-21)20-10-8-12(11-20)22(3,4)5/h6-7,9,12H,8,10-11,17H2,1-5H3/q+1. The Kier molecular flexibility index (Phi) is 3.44. The number of anilines is 3. The Labute approximate surface area is 132 Å². The number of hydrogen-bond acceptors (Lipinski definition) is 4. The minimum atomic E-state index is 0.623. The summed E-state index contributed by atoms with van der Waals surface area (Å²) in [7, 11) is 10.8. The summed E-state index contributed by atoms with van der Waals surface area (Å²) in [5.74, 6) is 0.922. The quantitative estimate of drug-likeness (QED) is 0.868. The first-order valence-electron chi connectivity index (χ1n) is 7.79. The average molecular weight is 303 g/mol. The van der Waals surface area contributed by atoms with E-state index in [4.69, 9.17) is 10.8 Å². The van der Waals surface area contributed by atoms with Gasteiger partial charge in [0.25, 0.3) is 0 Å². The largest absolute Gasteiger partial charge is 0.394 e. The lowest BCUT2D eigenvalue weighted by Crippen LogP contribution is -2.46. The zero-order chi connectivity index (χ0) is 16.1. The molecule has 1 aliphatic heterocycles. The fourth-order valence-electron chi connectivity index (χ4n) is 3.25. The number of rotatable bonds is 3. The molecule has 0 radical (unpaired) electrons. The minimum Gasteiger partial charge on any atom is -0.394 e. The Morgan fingerprint density at radius 2 is 2.05 bits per heavy atom. The predicted octanol–water partition coefficient (Wildman–Crippen LogP) is 1.27. The average Bonchev–Trinajstić information content (AvgIpc) is 3.03. The fraction of sp³-hybridized carbons (Fsp3) is 0.562. The van der Waals surface area contributed by atoms with Crippen LogP contribution in [0.2, 0.25) is 0 Å². The van der Waals surface area contributed by atoms with Gasteiger partial charge in [-0.1, -0.05) is 0 Å². The van der Waals surface area contributed by atoms with Gasteiger partial charge in [-0.3, -0.25) is 0 Å². The van der Waals surface area contributed by atoms with Crippen LogP contribution in [-0.4, -0.2) is 68.5 Å². The summed E-state index contributed by atoms with van der Waals surface area (Å²) in [5.41, 5.74) is 9.33. The molecule has 0 saturated carbocycles. The smallest absolute Gasteiger partial charge is 0.175 e. The van der Waals surface area contributed by atoms with Crippen molar-refractivity contribution in [2.24, 2.45) is 0 Å². The Hall–Kier alpha value is -1.95. The molecule has 0 aliphatic carbocycles.